The van der Waals surface area contributed by atoms with Crippen LogP contribution in [0.3, 0.4) is 0 Å². The van der Waals surface area contributed by atoms with Crippen LogP contribution in [0.25, 0.3) is 0 Å². The second kappa shape index (κ2) is 6.66. The number of halogens is 1. The van der Waals surface area contributed by atoms with Crippen LogP contribution in [0.15, 0.2) is 24.3 Å². The average Bonchev–Trinajstić information content (AvgIpc) is 2.36. The van der Waals surface area contributed by atoms with Crippen LogP contribution < -0.4 is 10.6 Å². The minimum atomic E-state index is -0.253. The molecule has 0 aliphatic carbocycles. The molecule has 0 aromatic heterocycles. The molecule has 0 aliphatic heterocycles. The van der Waals surface area contributed by atoms with Crippen LogP contribution in [0.5, 0.6) is 0 Å². The number of amides is 1. The summed E-state index contributed by atoms with van der Waals surface area (Å²) in [5.41, 5.74) is 0.366. The molecule has 0 radical (unpaired) electrons. The Morgan fingerprint density at radius 3 is 2.58 bits per heavy atom. The lowest BCUT2D eigenvalue weighted by atomic mass is 10.0. The molecule has 0 aliphatic rings. The Balaban J connectivity index is 2.49. The summed E-state index contributed by atoms with van der Waals surface area (Å²) < 4.78 is 13.5. The zero-order valence-corrected chi connectivity index (χ0v) is 12.1. The zero-order chi connectivity index (χ0) is 14.5. The van der Waals surface area contributed by atoms with E-state index in [1.807, 2.05) is 27.7 Å². The third-order valence-corrected chi connectivity index (χ3v) is 3.30. The van der Waals surface area contributed by atoms with E-state index in [0.717, 1.165) is 6.42 Å². The number of carbonyl (C=O) groups is 1. The van der Waals surface area contributed by atoms with Gasteiger partial charge in [0.25, 0.3) is 0 Å². The van der Waals surface area contributed by atoms with Crippen molar-refractivity contribution < 1.29 is 9.18 Å². The fourth-order valence-corrected chi connectivity index (χ4v) is 1.69. The highest BCUT2D eigenvalue weighted by molar-refractivity contribution is 5.78. The summed E-state index contributed by atoms with van der Waals surface area (Å²) in [7, 11) is 0. The van der Waals surface area contributed by atoms with Crippen molar-refractivity contribution in [1.29, 1.82) is 0 Å². The average molecular weight is 266 g/mol. The molecule has 0 spiro atoms. The van der Waals surface area contributed by atoms with Crippen molar-refractivity contribution in [1.82, 2.24) is 10.6 Å². The molecule has 1 aromatic rings. The van der Waals surface area contributed by atoms with Gasteiger partial charge in [-0.1, -0.05) is 25.1 Å². The molecule has 0 heterocycles. The van der Waals surface area contributed by atoms with E-state index in [1.165, 1.54) is 6.07 Å². The first kappa shape index (κ1) is 15.6. The number of rotatable bonds is 6. The van der Waals surface area contributed by atoms with Crippen LogP contribution in [0.4, 0.5) is 4.39 Å². The molecule has 0 saturated carbocycles. The van der Waals surface area contributed by atoms with Crippen LogP contribution in [0.2, 0.25) is 0 Å². The van der Waals surface area contributed by atoms with Crippen LogP contribution in [0, 0.1) is 5.82 Å². The molecular formula is C15H23FN2O. The van der Waals surface area contributed by atoms with Crippen molar-refractivity contribution in [2.24, 2.45) is 0 Å². The van der Waals surface area contributed by atoms with Gasteiger partial charge in [0.2, 0.25) is 5.91 Å². The molecule has 1 aromatic carbocycles. The maximum Gasteiger partial charge on any atom is 0.234 e. The van der Waals surface area contributed by atoms with E-state index < -0.39 is 0 Å². The van der Waals surface area contributed by atoms with Gasteiger partial charge in [-0.3, -0.25) is 4.79 Å². The molecule has 1 rings (SSSR count). The smallest absolute Gasteiger partial charge is 0.234 e. The highest BCUT2D eigenvalue weighted by atomic mass is 19.1. The van der Waals surface area contributed by atoms with Crippen molar-refractivity contribution in [3.8, 4) is 0 Å². The second-order valence-corrected chi connectivity index (χ2v) is 5.41. The Kier molecular flexibility index (Phi) is 5.48. The van der Waals surface area contributed by atoms with E-state index in [0.29, 0.717) is 5.56 Å². The van der Waals surface area contributed by atoms with Gasteiger partial charge in [0.05, 0.1) is 6.54 Å². The Hall–Kier alpha value is -1.42. The van der Waals surface area contributed by atoms with E-state index in [9.17, 15) is 9.18 Å². The van der Waals surface area contributed by atoms with Crippen molar-refractivity contribution in [3.05, 3.63) is 35.6 Å². The Morgan fingerprint density at radius 1 is 1.37 bits per heavy atom. The van der Waals surface area contributed by atoms with E-state index in [2.05, 4.69) is 10.6 Å². The van der Waals surface area contributed by atoms with Crippen molar-refractivity contribution in [2.75, 3.05) is 6.54 Å². The van der Waals surface area contributed by atoms with Gasteiger partial charge in [0.15, 0.2) is 0 Å². The summed E-state index contributed by atoms with van der Waals surface area (Å²) in [5.74, 6) is -0.327. The monoisotopic (exact) mass is 266 g/mol. The number of hydrogen-bond donors (Lipinski definition) is 2. The lowest BCUT2D eigenvalue weighted by Crippen LogP contribution is -2.46. The highest BCUT2D eigenvalue weighted by Gasteiger charge is 2.18. The van der Waals surface area contributed by atoms with Gasteiger partial charge >= 0.3 is 0 Å². The second-order valence-electron chi connectivity index (χ2n) is 5.41. The Morgan fingerprint density at radius 2 is 2.00 bits per heavy atom. The van der Waals surface area contributed by atoms with E-state index in [4.69, 9.17) is 0 Å². The lowest BCUT2D eigenvalue weighted by Gasteiger charge is -2.25. The quantitative estimate of drug-likeness (QED) is 0.831. The Bertz CT molecular complexity index is 432. The molecule has 1 unspecified atom stereocenters. The lowest BCUT2D eigenvalue weighted by molar-refractivity contribution is -0.122. The number of nitrogens with one attached hydrogen (secondary N) is 2. The van der Waals surface area contributed by atoms with Gasteiger partial charge in [-0.05, 0) is 33.3 Å². The third kappa shape index (κ3) is 4.99. The van der Waals surface area contributed by atoms with Gasteiger partial charge in [-0.25, -0.2) is 4.39 Å². The molecule has 19 heavy (non-hydrogen) atoms. The molecule has 0 bridgehead atoms. The molecule has 4 heteroatoms. The van der Waals surface area contributed by atoms with Crippen molar-refractivity contribution in [3.63, 3.8) is 0 Å². The van der Waals surface area contributed by atoms with Crippen LogP contribution >= 0.6 is 0 Å². The van der Waals surface area contributed by atoms with Crippen molar-refractivity contribution in [2.45, 2.75) is 45.7 Å². The summed E-state index contributed by atoms with van der Waals surface area (Å²) in [6.45, 7) is 8.00. The van der Waals surface area contributed by atoms with Crippen LogP contribution in [-0.4, -0.2) is 18.0 Å². The predicted octanol–water partition coefficient (Wildman–Crippen LogP) is 2.78. The Labute approximate surface area is 114 Å². The van der Waals surface area contributed by atoms with Crippen LogP contribution in [0.1, 0.15) is 45.7 Å². The summed E-state index contributed by atoms with van der Waals surface area (Å²) in [4.78, 5) is 11.8. The normalized spacial score (nSPS) is 13.1. The fraction of sp³-hybridized carbons (Fsp3) is 0.533. The first-order chi connectivity index (χ1) is 8.85. The summed E-state index contributed by atoms with van der Waals surface area (Å²) in [6.07, 6.45) is 0.863. The zero-order valence-electron chi connectivity index (χ0n) is 12.1. The van der Waals surface area contributed by atoms with Gasteiger partial charge < -0.3 is 10.6 Å². The molecule has 106 valence electrons. The van der Waals surface area contributed by atoms with Crippen LogP contribution in [-0.2, 0) is 4.79 Å². The SMILES string of the molecule is CCC(C)(C)NC(=O)CNC(C)c1ccccc1F. The molecule has 2 N–H and O–H groups in total. The standard InChI is InChI=1S/C15H23FN2O/c1-5-15(3,4)18-14(19)10-17-11(2)12-8-6-7-9-13(12)16/h6-9,11,17H,5,10H2,1-4H3,(H,18,19). The largest absolute Gasteiger partial charge is 0.350 e. The van der Waals surface area contributed by atoms with E-state index >= 15 is 0 Å². The van der Waals surface area contributed by atoms with E-state index in [-0.39, 0.29) is 29.8 Å². The van der Waals surface area contributed by atoms with E-state index in [1.54, 1.807) is 18.2 Å². The summed E-state index contributed by atoms with van der Waals surface area (Å²) in [6, 6.07) is 6.39. The molecule has 1 amide bonds. The van der Waals surface area contributed by atoms with Gasteiger partial charge in [0, 0.05) is 17.1 Å². The maximum absolute atomic E-state index is 13.5. The minimum Gasteiger partial charge on any atom is -0.350 e. The molecular weight excluding hydrogens is 243 g/mol. The maximum atomic E-state index is 13.5. The van der Waals surface area contributed by atoms with Gasteiger partial charge in [0.1, 0.15) is 5.82 Å². The minimum absolute atomic E-state index is 0.0740. The summed E-state index contributed by atoms with van der Waals surface area (Å²) in [5, 5.41) is 5.97. The number of carbonyl (C=O) groups excluding carboxylic acids is 1. The molecule has 0 saturated heterocycles. The molecule has 1 atom stereocenters. The topological polar surface area (TPSA) is 41.1 Å². The summed E-state index contributed by atoms with van der Waals surface area (Å²) >= 11 is 0. The van der Waals surface area contributed by atoms with Gasteiger partial charge in [-0.2, -0.15) is 0 Å². The highest BCUT2D eigenvalue weighted by Crippen LogP contribution is 2.15. The third-order valence-electron chi connectivity index (χ3n) is 3.30. The number of benzene rings is 1. The molecule has 0 fully saturated rings. The molecule has 3 nitrogen and oxygen atoms in total. The first-order valence-corrected chi connectivity index (χ1v) is 6.64. The number of hydrogen-bond acceptors (Lipinski definition) is 2. The van der Waals surface area contributed by atoms with Gasteiger partial charge in [-0.15, -0.1) is 0 Å². The van der Waals surface area contributed by atoms with Crippen molar-refractivity contribution >= 4 is 5.91 Å². The predicted molar refractivity (Wildman–Crippen MR) is 75.3 cm³/mol. The fourth-order valence-electron chi connectivity index (χ4n) is 1.69. The first-order valence-electron chi connectivity index (χ1n) is 6.64.